The summed E-state index contributed by atoms with van der Waals surface area (Å²) in [5.41, 5.74) is 1.98. The summed E-state index contributed by atoms with van der Waals surface area (Å²) in [6, 6.07) is 14.1. The van der Waals surface area contributed by atoms with Crippen molar-refractivity contribution < 1.29 is 14.0 Å². The first-order chi connectivity index (χ1) is 14.0. The predicted molar refractivity (Wildman–Crippen MR) is 114 cm³/mol. The van der Waals surface area contributed by atoms with E-state index in [1.54, 1.807) is 12.1 Å². The summed E-state index contributed by atoms with van der Waals surface area (Å²) in [6.07, 6.45) is 0.941. The molecule has 154 valence electrons. The third kappa shape index (κ3) is 6.87. The molecule has 1 N–H and O–H groups in total. The fourth-order valence-corrected chi connectivity index (χ4v) is 4.10. The lowest BCUT2D eigenvalue weighted by Crippen LogP contribution is -2.36. The average molecular weight is 416 g/mol. The molecule has 29 heavy (non-hydrogen) atoms. The molecule has 3 rings (SSSR count). The van der Waals surface area contributed by atoms with E-state index in [1.165, 1.54) is 36.4 Å². The molecule has 2 aromatic rings. The van der Waals surface area contributed by atoms with Crippen molar-refractivity contribution in [1.82, 2.24) is 9.80 Å². The standard InChI is InChI=1S/C22H26FN3O2S/c1-17(27)24-20-7-3-18(4-8-20)15-25-11-2-12-26(14-13-25)22(28)16-29-21-9-5-19(23)6-10-21/h3-10H,2,11-16H2,1H3,(H,24,27). The van der Waals surface area contributed by atoms with Crippen LogP contribution in [0.5, 0.6) is 0 Å². The van der Waals surface area contributed by atoms with E-state index in [2.05, 4.69) is 10.2 Å². The maximum Gasteiger partial charge on any atom is 0.232 e. The van der Waals surface area contributed by atoms with Crippen molar-refractivity contribution in [2.45, 2.75) is 24.8 Å². The quantitative estimate of drug-likeness (QED) is 0.733. The lowest BCUT2D eigenvalue weighted by atomic mass is 10.2. The fourth-order valence-electron chi connectivity index (χ4n) is 3.30. The van der Waals surface area contributed by atoms with Crippen molar-refractivity contribution in [3.8, 4) is 0 Å². The summed E-state index contributed by atoms with van der Waals surface area (Å²) in [7, 11) is 0. The first-order valence-electron chi connectivity index (χ1n) is 9.74. The zero-order chi connectivity index (χ0) is 20.6. The van der Waals surface area contributed by atoms with E-state index in [0.29, 0.717) is 12.3 Å². The van der Waals surface area contributed by atoms with E-state index in [1.807, 2.05) is 29.2 Å². The van der Waals surface area contributed by atoms with Crippen LogP contribution in [0, 0.1) is 5.82 Å². The largest absolute Gasteiger partial charge is 0.341 e. The molecule has 1 aliphatic rings. The molecule has 0 aromatic heterocycles. The number of nitrogens with one attached hydrogen (secondary N) is 1. The highest BCUT2D eigenvalue weighted by molar-refractivity contribution is 8.00. The topological polar surface area (TPSA) is 52.7 Å². The number of hydrogen-bond donors (Lipinski definition) is 1. The molecule has 5 nitrogen and oxygen atoms in total. The molecule has 7 heteroatoms. The zero-order valence-corrected chi connectivity index (χ0v) is 17.4. The van der Waals surface area contributed by atoms with Gasteiger partial charge >= 0.3 is 0 Å². The second kappa shape index (κ2) is 10.4. The summed E-state index contributed by atoms with van der Waals surface area (Å²) in [6.45, 7) is 5.58. The number of anilines is 1. The summed E-state index contributed by atoms with van der Waals surface area (Å²) < 4.78 is 13.0. The fraction of sp³-hybridized carbons (Fsp3) is 0.364. The molecular formula is C22H26FN3O2S. The van der Waals surface area contributed by atoms with Crippen molar-refractivity contribution in [3.63, 3.8) is 0 Å². The number of hydrogen-bond acceptors (Lipinski definition) is 4. The molecule has 0 atom stereocenters. The zero-order valence-electron chi connectivity index (χ0n) is 16.6. The molecule has 0 bridgehead atoms. The Morgan fingerprint density at radius 1 is 1.00 bits per heavy atom. The first-order valence-corrected chi connectivity index (χ1v) is 10.7. The molecule has 0 radical (unpaired) electrons. The Bertz CT molecular complexity index is 827. The van der Waals surface area contributed by atoms with Crippen LogP contribution in [0.15, 0.2) is 53.4 Å². The monoisotopic (exact) mass is 415 g/mol. The SMILES string of the molecule is CC(=O)Nc1ccc(CN2CCCN(C(=O)CSc3ccc(F)cc3)CC2)cc1. The molecule has 1 heterocycles. The van der Waals surface area contributed by atoms with Gasteiger partial charge in [0.15, 0.2) is 0 Å². The Hall–Kier alpha value is -2.38. The van der Waals surface area contributed by atoms with Gasteiger partial charge < -0.3 is 10.2 Å². The molecular weight excluding hydrogens is 389 g/mol. The van der Waals surface area contributed by atoms with Crippen LogP contribution in [0.3, 0.4) is 0 Å². The molecule has 1 aliphatic heterocycles. The second-order valence-electron chi connectivity index (χ2n) is 7.13. The van der Waals surface area contributed by atoms with Gasteiger partial charge in [0.1, 0.15) is 5.82 Å². The normalized spacial score (nSPS) is 15.0. The molecule has 0 spiro atoms. The molecule has 1 saturated heterocycles. The van der Waals surface area contributed by atoms with Gasteiger partial charge in [0, 0.05) is 50.2 Å². The van der Waals surface area contributed by atoms with Crippen molar-refractivity contribution in [1.29, 1.82) is 0 Å². The average Bonchev–Trinajstić information content (AvgIpc) is 2.94. The van der Waals surface area contributed by atoms with Crippen LogP contribution in [-0.2, 0) is 16.1 Å². The van der Waals surface area contributed by atoms with Gasteiger partial charge in [-0.15, -0.1) is 11.8 Å². The summed E-state index contributed by atoms with van der Waals surface area (Å²) in [4.78, 5) is 28.9. The van der Waals surface area contributed by atoms with Gasteiger partial charge in [-0.2, -0.15) is 0 Å². The molecule has 1 fully saturated rings. The number of halogens is 1. The van der Waals surface area contributed by atoms with Gasteiger partial charge in [-0.3, -0.25) is 14.5 Å². The molecule has 2 aromatic carbocycles. The molecule has 2 amide bonds. The number of amides is 2. The Labute approximate surface area is 175 Å². The number of benzene rings is 2. The van der Waals surface area contributed by atoms with E-state index < -0.39 is 0 Å². The van der Waals surface area contributed by atoms with Gasteiger partial charge in [0.05, 0.1) is 5.75 Å². The van der Waals surface area contributed by atoms with E-state index in [0.717, 1.165) is 43.2 Å². The Kier molecular flexibility index (Phi) is 7.66. The van der Waals surface area contributed by atoms with E-state index in [4.69, 9.17) is 0 Å². The van der Waals surface area contributed by atoms with Crippen LogP contribution in [0.4, 0.5) is 10.1 Å². The van der Waals surface area contributed by atoms with Crippen molar-refractivity contribution >= 4 is 29.3 Å². The molecule has 0 unspecified atom stereocenters. The van der Waals surface area contributed by atoms with Gasteiger partial charge in [-0.25, -0.2) is 4.39 Å². The Morgan fingerprint density at radius 2 is 1.72 bits per heavy atom. The smallest absolute Gasteiger partial charge is 0.232 e. The number of thioether (sulfide) groups is 1. The number of nitrogens with zero attached hydrogens (tertiary/aromatic N) is 2. The molecule has 0 saturated carbocycles. The van der Waals surface area contributed by atoms with Crippen LogP contribution >= 0.6 is 11.8 Å². The highest BCUT2D eigenvalue weighted by Gasteiger charge is 2.19. The second-order valence-corrected chi connectivity index (χ2v) is 8.18. The lowest BCUT2D eigenvalue weighted by molar-refractivity contribution is -0.128. The van der Waals surface area contributed by atoms with Gasteiger partial charge in [0.25, 0.3) is 0 Å². The van der Waals surface area contributed by atoms with Crippen LogP contribution in [0.1, 0.15) is 18.9 Å². The minimum Gasteiger partial charge on any atom is -0.341 e. The van der Waals surface area contributed by atoms with E-state index >= 15 is 0 Å². The summed E-state index contributed by atoms with van der Waals surface area (Å²) in [5.74, 6) is 0.155. The maximum atomic E-state index is 13.0. The third-order valence-corrected chi connectivity index (χ3v) is 5.79. The number of carbonyl (C=O) groups is 2. The Morgan fingerprint density at radius 3 is 2.41 bits per heavy atom. The first kappa shape index (κ1) is 21.3. The van der Waals surface area contributed by atoms with Crippen molar-refractivity contribution in [3.05, 3.63) is 59.9 Å². The summed E-state index contributed by atoms with van der Waals surface area (Å²) in [5, 5.41) is 2.77. The van der Waals surface area contributed by atoms with Crippen molar-refractivity contribution in [2.24, 2.45) is 0 Å². The highest BCUT2D eigenvalue weighted by Crippen LogP contribution is 2.19. The molecule has 0 aliphatic carbocycles. The minimum atomic E-state index is -0.266. The highest BCUT2D eigenvalue weighted by atomic mass is 32.2. The van der Waals surface area contributed by atoms with Gasteiger partial charge in [0.2, 0.25) is 11.8 Å². The van der Waals surface area contributed by atoms with E-state index in [-0.39, 0.29) is 17.6 Å². The minimum absolute atomic E-state index is 0.0763. The predicted octanol–water partition coefficient (Wildman–Crippen LogP) is 3.61. The van der Waals surface area contributed by atoms with E-state index in [9.17, 15) is 14.0 Å². The van der Waals surface area contributed by atoms with Gasteiger partial charge in [-0.1, -0.05) is 12.1 Å². The number of carbonyl (C=O) groups excluding carboxylic acids is 2. The summed E-state index contributed by atoms with van der Waals surface area (Å²) >= 11 is 1.45. The van der Waals surface area contributed by atoms with Crippen LogP contribution in [0.2, 0.25) is 0 Å². The lowest BCUT2D eigenvalue weighted by Gasteiger charge is -2.22. The van der Waals surface area contributed by atoms with Gasteiger partial charge in [-0.05, 0) is 48.4 Å². The third-order valence-electron chi connectivity index (χ3n) is 4.80. The number of rotatable bonds is 6. The van der Waals surface area contributed by atoms with Crippen LogP contribution in [0.25, 0.3) is 0 Å². The Balaban J connectivity index is 1.46. The van der Waals surface area contributed by atoms with Crippen molar-refractivity contribution in [2.75, 3.05) is 37.2 Å². The van der Waals surface area contributed by atoms with Crippen LogP contribution in [-0.4, -0.2) is 53.5 Å². The van der Waals surface area contributed by atoms with Crippen LogP contribution < -0.4 is 5.32 Å². The maximum absolute atomic E-state index is 13.0.